The summed E-state index contributed by atoms with van der Waals surface area (Å²) in [6.45, 7) is 6.30. The number of aryl methyl sites for hydroxylation is 1. The number of hydrogen-bond acceptors (Lipinski definition) is 5. The lowest BCUT2D eigenvalue weighted by atomic mass is 10.1. The summed E-state index contributed by atoms with van der Waals surface area (Å²) in [5, 5.41) is 9.24. The van der Waals surface area contributed by atoms with Crippen LogP contribution in [0.1, 0.15) is 34.5 Å². The average Bonchev–Trinajstić information content (AvgIpc) is 3.00. The van der Waals surface area contributed by atoms with Crippen molar-refractivity contribution in [3.8, 4) is 11.3 Å². The number of carbonyl (C=O) groups excluding carboxylic acids is 2. The van der Waals surface area contributed by atoms with Gasteiger partial charge in [-0.05, 0) is 43.7 Å². The Hall–Kier alpha value is -4.23. The highest BCUT2D eigenvalue weighted by molar-refractivity contribution is 6.33. The number of anilines is 1. The van der Waals surface area contributed by atoms with Crippen LogP contribution in [-0.2, 0) is 4.79 Å². The molecular formula is C32H32ClN5O2. The van der Waals surface area contributed by atoms with E-state index in [2.05, 4.69) is 34.2 Å². The van der Waals surface area contributed by atoms with Crippen LogP contribution in [-0.4, -0.2) is 64.5 Å². The van der Waals surface area contributed by atoms with E-state index in [-0.39, 0.29) is 24.4 Å². The van der Waals surface area contributed by atoms with Gasteiger partial charge in [0.15, 0.2) is 5.82 Å². The maximum absolute atomic E-state index is 13.6. The first kappa shape index (κ1) is 27.3. The van der Waals surface area contributed by atoms with Crippen LogP contribution in [0, 0.1) is 6.92 Å². The number of benzene rings is 3. The SMILES string of the molecule is Cc1ccc(-c2ccc(N3CCN(C(=O)CN(C(=O)c4ccccc4Cl)C(C)c4ccccc4)CC3)nn2)cc1. The van der Waals surface area contributed by atoms with Crippen LogP contribution >= 0.6 is 11.6 Å². The van der Waals surface area contributed by atoms with E-state index in [1.807, 2.05) is 66.4 Å². The molecule has 0 N–H and O–H groups in total. The van der Waals surface area contributed by atoms with Crippen molar-refractivity contribution in [3.05, 3.63) is 113 Å². The van der Waals surface area contributed by atoms with E-state index in [1.165, 1.54) is 5.56 Å². The van der Waals surface area contributed by atoms with Gasteiger partial charge in [-0.2, -0.15) is 0 Å². The fourth-order valence-electron chi connectivity index (χ4n) is 4.89. The predicted octanol–water partition coefficient (Wildman–Crippen LogP) is 5.66. The van der Waals surface area contributed by atoms with Crippen molar-refractivity contribution >= 4 is 29.2 Å². The zero-order valence-corrected chi connectivity index (χ0v) is 23.5. The Morgan fingerprint density at radius 2 is 1.52 bits per heavy atom. The van der Waals surface area contributed by atoms with Gasteiger partial charge in [-0.15, -0.1) is 10.2 Å². The molecule has 1 fully saturated rings. The first-order valence-electron chi connectivity index (χ1n) is 13.4. The van der Waals surface area contributed by atoms with Gasteiger partial charge in [-0.1, -0.05) is 83.9 Å². The van der Waals surface area contributed by atoms with E-state index >= 15 is 0 Å². The van der Waals surface area contributed by atoms with Gasteiger partial charge in [0.2, 0.25) is 5.91 Å². The summed E-state index contributed by atoms with van der Waals surface area (Å²) in [6.07, 6.45) is 0. The monoisotopic (exact) mass is 553 g/mol. The molecule has 8 heteroatoms. The van der Waals surface area contributed by atoms with Gasteiger partial charge in [-0.3, -0.25) is 9.59 Å². The van der Waals surface area contributed by atoms with Crippen molar-refractivity contribution < 1.29 is 9.59 Å². The van der Waals surface area contributed by atoms with Crippen LogP contribution in [0.4, 0.5) is 5.82 Å². The Kier molecular flexibility index (Phi) is 8.41. The van der Waals surface area contributed by atoms with Crippen molar-refractivity contribution in [1.29, 1.82) is 0 Å². The molecule has 1 unspecified atom stereocenters. The number of nitrogens with zero attached hydrogens (tertiary/aromatic N) is 5. The van der Waals surface area contributed by atoms with Gasteiger partial charge in [0.05, 0.1) is 22.3 Å². The standard InChI is InChI=1S/C32H32ClN5O2/c1-23-12-14-26(15-13-23)29-16-17-30(35-34-29)36-18-20-37(21-19-36)31(39)22-38(24(2)25-8-4-3-5-9-25)32(40)27-10-6-7-11-28(27)33/h3-17,24H,18-22H2,1-2H3. The zero-order chi connectivity index (χ0) is 28.1. The third kappa shape index (κ3) is 6.15. The predicted molar refractivity (Wildman–Crippen MR) is 158 cm³/mol. The van der Waals surface area contributed by atoms with Gasteiger partial charge in [-0.25, -0.2) is 0 Å². The Morgan fingerprint density at radius 1 is 0.850 bits per heavy atom. The van der Waals surface area contributed by atoms with Crippen molar-refractivity contribution in [2.75, 3.05) is 37.6 Å². The quantitative estimate of drug-likeness (QED) is 0.295. The summed E-state index contributed by atoms with van der Waals surface area (Å²) >= 11 is 6.36. The molecule has 1 aliphatic rings. The minimum absolute atomic E-state index is 0.0365. The highest BCUT2D eigenvalue weighted by atomic mass is 35.5. The molecule has 0 radical (unpaired) electrons. The largest absolute Gasteiger partial charge is 0.352 e. The summed E-state index contributed by atoms with van der Waals surface area (Å²) in [5.74, 6) is 0.428. The molecule has 0 spiro atoms. The fourth-order valence-corrected chi connectivity index (χ4v) is 5.10. The summed E-state index contributed by atoms with van der Waals surface area (Å²) < 4.78 is 0. The third-order valence-corrected chi connectivity index (χ3v) is 7.70. The zero-order valence-electron chi connectivity index (χ0n) is 22.7. The van der Waals surface area contributed by atoms with E-state index in [0.29, 0.717) is 36.8 Å². The molecule has 5 rings (SSSR count). The summed E-state index contributed by atoms with van der Waals surface area (Å²) in [4.78, 5) is 32.7. The number of hydrogen-bond donors (Lipinski definition) is 0. The molecule has 7 nitrogen and oxygen atoms in total. The number of piperazine rings is 1. The Balaban J connectivity index is 1.25. The lowest BCUT2D eigenvalue weighted by molar-refractivity contribution is -0.132. The summed E-state index contributed by atoms with van der Waals surface area (Å²) in [5.41, 5.74) is 4.39. The van der Waals surface area contributed by atoms with Gasteiger partial charge < -0.3 is 14.7 Å². The van der Waals surface area contributed by atoms with Gasteiger partial charge in [0.25, 0.3) is 5.91 Å². The molecule has 1 aromatic heterocycles. The molecule has 0 saturated carbocycles. The van der Waals surface area contributed by atoms with E-state index in [0.717, 1.165) is 22.6 Å². The third-order valence-electron chi connectivity index (χ3n) is 7.37. The van der Waals surface area contributed by atoms with Crippen LogP contribution in [0.5, 0.6) is 0 Å². The lowest BCUT2D eigenvalue weighted by Gasteiger charge is -2.37. The molecule has 0 bridgehead atoms. The Labute approximate surface area is 240 Å². The number of rotatable bonds is 7. The second-order valence-corrected chi connectivity index (χ2v) is 10.4. The molecular weight excluding hydrogens is 522 g/mol. The minimum Gasteiger partial charge on any atom is -0.352 e. The molecule has 204 valence electrons. The number of aromatic nitrogens is 2. The highest BCUT2D eigenvalue weighted by Crippen LogP contribution is 2.26. The molecule has 1 saturated heterocycles. The average molecular weight is 554 g/mol. The first-order valence-corrected chi connectivity index (χ1v) is 13.8. The minimum atomic E-state index is -0.308. The summed E-state index contributed by atoms with van der Waals surface area (Å²) in [6, 6.07) is 28.5. The van der Waals surface area contributed by atoms with Crippen molar-refractivity contribution in [3.63, 3.8) is 0 Å². The summed E-state index contributed by atoms with van der Waals surface area (Å²) in [7, 11) is 0. The maximum Gasteiger partial charge on any atom is 0.256 e. The number of amides is 2. The molecule has 3 aromatic carbocycles. The highest BCUT2D eigenvalue weighted by Gasteiger charge is 2.30. The van der Waals surface area contributed by atoms with Crippen LogP contribution < -0.4 is 4.90 Å². The van der Waals surface area contributed by atoms with Crippen molar-refractivity contribution in [1.82, 2.24) is 20.0 Å². The van der Waals surface area contributed by atoms with E-state index in [9.17, 15) is 9.59 Å². The molecule has 2 amide bonds. The number of halogens is 1. The lowest BCUT2D eigenvalue weighted by Crippen LogP contribution is -2.52. The maximum atomic E-state index is 13.6. The smallest absolute Gasteiger partial charge is 0.256 e. The first-order chi connectivity index (χ1) is 19.4. The van der Waals surface area contributed by atoms with Crippen molar-refractivity contribution in [2.24, 2.45) is 0 Å². The molecule has 40 heavy (non-hydrogen) atoms. The molecule has 1 atom stereocenters. The van der Waals surface area contributed by atoms with Gasteiger partial charge in [0.1, 0.15) is 6.54 Å². The van der Waals surface area contributed by atoms with Crippen LogP contribution in [0.3, 0.4) is 0 Å². The molecule has 1 aliphatic heterocycles. The van der Waals surface area contributed by atoms with Crippen LogP contribution in [0.2, 0.25) is 5.02 Å². The van der Waals surface area contributed by atoms with E-state index in [4.69, 9.17) is 11.6 Å². The Morgan fingerprint density at radius 3 is 2.17 bits per heavy atom. The second-order valence-electron chi connectivity index (χ2n) is 10.0. The Bertz CT molecular complexity index is 1450. The molecule has 4 aromatic rings. The topological polar surface area (TPSA) is 69.6 Å². The molecule has 0 aliphatic carbocycles. The second kappa shape index (κ2) is 12.3. The normalized spacial score (nSPS) is 14.1. The van der Waals surface area contributed by atoms with E-state index in [1.54, 1.807) is 29.2 Å². The van der Waals surface area contributed by atoms with Crippen LogP contribution in [0.25, 0.3) is 11.3 Å². The van der Waals surface area contributed by atoms with Gasteiger partial charge in [0, 0.05) is 31.7 Å². The van der Waals surface area contributed by atoms with Gasteiger partial charge >= 0.3 is 0 Å². The van der Waals surface area contributed by atoms with Crippen LogP contribution in [0.15, 0.2) is 91.0 Å². The van der Waals surface area contributed by atoms with E-state index < -0.39 is 0 Å². The van der Waals surface area contributed by atoms with Crippen molar-refractivity contribution in [2.45, 2.75) is 19.9 Å². The fraction of sp³-hybridized carbons (Fsp3) is 0.250. The molecule has 2 heterocycles. The number of carbonyl (C=O) groups is 2.